The number of aromatic nitrogens is 3. The molecule has 1 aromatic carbocycles. The van der Waals surface area contributed by atoms with Gasteiger partial charge in [0.2, 0.25) is 5.91 Å². The number of benzene rings is 1. The van der Waals surface area contributed by atoms with E-state index >= 15 is 0 Å². The van der Waals surface area contributed by atoms with Crippen molar-refractivity contribution in [3.05, 3.63) is 24.3 Å². The fourth-order valence-corrected chi connectivity index (χ4v) is 4.28. The van der Waals surface area contributed by atoms with Gasteiger partial charge in [0.1, 0.15) is 12.1 Å². The van der Waals surface area contributed by atoms with Gasteiger partial charge in [-0.1, -0.05) is 36.6 Å². The van der Waals surface area contributed by atoms with E-state index in [1.54, 1.807) is 4.68 Å². The standard InChI is InChI=1S/C17H22N4O/c22-17(11-21-16-7-2-1-6-15(16)19-20-21)18-14-9-8-12-4-3-5-13(12)10-14/h1-2,6-7,12-14H,3-5,8-11H2,(H,18,22). The summed E-state index contributed by atoms with van der Waals surface area (Å²) in [6.07, 6.45) is 7.70. The van der Waals surface area contributed by atoms with Gasteiger partial charge in [-0.3, -0.25) is 4.79 Å². The second-order valence-electron chi connectivity index (χ2n) is 6.76. The van der Waals surface area contributed by atoms with Crippen molar-refractivity contribution >= 4 is 16.9 Å². The van der Waals surface area contributed by atoms with Gasteiger partial charge in [-0.2, -0.15) is 0 Å². The molecule has 5 heteroatoms. The van der Waals surface area contributed by atoms with E-state index in [2.05, 4.69) is 15.6 Å². The van der Waals surface area contributed by atoms with Crippen LogP contribution in [0.15, 0.2) is 24.3 Å². The third kappa shape index (κ3) is 2.60. The summed E-state index contributed by atoms with van der Waals surface area (Å²) >= 11 is 0. The molecule has 2 aliphatic carbocycles. The average molecular weight is 298 g/mol. The lowest BCUT2D eigenvalue weighted by Gasteiger charge is -2.32. The van der Waals surface area contributed by atoms with Gasteiger partial charge >= 0.3 is 0 Å². The third-order valence-corrected chi connectivity index (χ3v) is 5.37. The molecule has 22 heavy (non-hydrogen) atoms. The van der Waals surface area contributed by atoms with Crippen molar-refractivity contribution in [1.82, 2.24) is 20.3 Å². The summed E-state index contributed by atoms with van der Waals surface area (Å²) < 4.78 is 1.69. The largest absolute Gasteiger partial charge is 0.352 e. The highest BCUT2D eigenvalue weighted by Crippen LogP contribution is 2.41. The van der Waals surface area contributed by atoms with Crippen LogP contribution in [0.25, 0.3) is 11.0 Å². The molecule has 2 aliphatic rings. The molecular weight excluding hydrogens is 276 g/mol. The molecule has 0 saturated heterocycles. The van der Waals surface area contributed by atoms with Crippen LogP contribution < -0.4 is 5.32 Å². The maximum atomic E-state index is 12.3. The van der Waals surface area contributed by atoms with E-state index in [-0.39, 0.29) is 12.5 Å². The molecule has 1 amide bonds. The van der Waals surface area contributed by atoms with Gasteiger partial charge in [0.05, 0.1) is 5.52 Å². The maximum absolute atomic E-state index is 12.3. The van der Waals surface area contributed by atoms with Crippen LogP contribution >= 0.6 is 0 Å². The average Bonchev–Trinajstić information content (AvgIpc) is 3.14. The highest BCUT2D eigenvalue weighted by atomic mass is 16.2. The second-order valence-corrected chi connectivity index (χ2v) is 6.76. The number of nitrogens with one attached hydrogen (secondary N) is 1. The predicted octanol–water partition coefficient (Wildman–Crippen LogP) is 2.52. The number of amides is 1. The van der Waals surface area contributed by atoms with E-state index in [1.165, 1.54) is 25.7 Å². The number of rotatable bonds is 3. The zero-order chi connectivity index (χ0) is 14.9. The van der Waals surface area contributed by atoms with E-state index in [0.29, 0.717) is 6.04 Å². The molecule has 2 aromatic rings. The molecule has 1 N–H and O–H groups in total. The molecule has 2 fully saturated rings. The lowest BCUT2D eigenvalue weighted by atomic mass is 9.79. The van der Waals surface area contributed by atoms with E-state index in [1.807, 2.05) is 24.3 Å². The van der Waals surface area contributed by atoms with Gasteiger partial charge in [-0.15, -0.1) is 5.10 Å². The Labute approximate surface area is 130 Å². The van der Waals surface area contributed by atoms with E-state index < -0.39 is 0 Å². The number of hydrogen-bond acceptors (Lipinski definition) is 3. The lowest BCUT2D eigenvalue weighted by Crippen LogP contribution is -2.41. The molecule has 1 heterocycles. The second kappa shape index (κ2) is 5.71. The van der Waals surface area contributed by atoms with Crippen LogP contribution in [0.5, 0.6) is 0 Å². The fourth-order valence-electron chi connectivity index (χ4n) is 4.28. The van der Waals surface area contributed by atoms with Crippen molar-refractivity contribution < 1.29 is 4.79 Å². The molecule has 4 rings (SSSR count). The molecule has 0 radical (unpaired) electrons. The Hall–Kier alpha value is -1.91. The normalized spacial score (nSPS) is 27.7. The third-order valence-electron chi connectivity index (χ3n) is 5.37. The van der Waals surface area contributed by atoms with E-state index in [4.69, 9.17) is 0 Å². The van der Waals surface area contributed by atoms with Crippen molar-refractivity contribution in [3.63, 3.8) is 0 Å². The van der Waals surface area contributed by atoms with Crippen molar-refractivity contribution in [2.75, 3.05) is 0 Å². The van der Waals surface area contributed by atoms with Crippen LogP contribution in [-0.4, -0.2) is 26.9 Å². The number of hydrogen-bond donors (Lipinski definition) is 1. The zero-order valence-electron chi connectivity index (χ0n) is 12.7. The number of nitrogens with zero attached hydrogens (tertiary/aromatic N) is 3. The molecule has 0 bridgehead atoms. The van der Waals surface area contributed by atoms with Gasteiger partial charge in [0.15, 0.2) is 0 Å². The number of para-hydroxylation sites is 1. The van der Waals surface area contributed by atoms with Crippen LogP contribution in [0.1, 0.15) is 38.5 Å². The first kappa shape index (κ1) is 13.7. The van der Waals surface area contributed by atoms with Gasteiger partial charge in [-0.05, 0) is 43.2 Å². The smallest absolute Gasteiger partial charge is 0.242 e. The topological polar surface area (TPSA) is 59.8 Å². The molecule has 5 nitrogen and oxygen atoms in total. The van der Waals surface area contributed by atoms with Crippen LogP contribution in [-0.2, 0) is 11.3 Å². The van der Waals surface area contributed by atoms with Gasteiger partial charge in [0.25, 0.3) is 0 Å². The van der Waals surface area contributed by atoms with Crippen LogP contribution in [0.2, 0.25) is 0 Å². The molecule has 3 atom stereocenters. The Bertz CT molecular complexity index is 680. The van der Waals surface area contributed by atoms with Crippen LogP contribution in [0, 0.1) is 11.8 Å². The Morgan fingerprint density at radius 1 is 1.18 bits per heavy atom. The van der Waals surface area contributed by atoms with Gasteiger partial charge in [-0.25, -0.2) is 4.68 Å². The quantitative estimate of drug-likeness (QED) is 0.947. The summed E-state index contributed by atoms with van der Waals surface area (Å²) in [6, 6.07) is 8.09. The molecule has 0 aliphatic heterocycles. The Morgan fingerprint density at radius 2 is 2.05 bits per heavy atom. The summed E-state index contributed by atoms with van der Waals surface area (Å²) in [5.41, 5.74) is 1.75. The van der Waals surface area contributed by atoms with Crippen LogP contribution in [0.3, 0.4) is 0 Å². The Balaban J connectivity index is 1.38. The summed E-state index contributed by atoms with van der Waals surface area (Å²) in [5, 5.41) is 11.4. The molecule has 1 aromatic heterocycles. The van der Waals surface area contributed by atoms with E-state index in [9.17, 15) is 4.79 Å². The maximum Gasteiger partial charge on any atom is 0.242 e. The van der Waals surface area contributed by atoms with Crippen molar-refractivity contribution in [2.24, 2.45) is 11.8 Å². The Kier molecular flexibility index (Phi) is 3.56. The minimum absolute atomic E-state index is 0.0529. The molecule has 0 spiro atoms. The van der Waals surface area contributed by atoms with Crippen LogP contribution in [0.4, 0.5) is 0 Å². The van der Waals surface area contributed by atoms with E-state index in [0.717, 1.165) is 35.7 Å². The molecule has 116 valence electrons. The Morgan fingerprint density at radius 3 is 3.00 bits per heavy atom. The fraction of sp³-hybridized carbons (Fsp3) is 0.588. The predicted molar refractivity (Wildman–Crippen MR) is 84.1 cm³/mol. The van der Waals surface area contributed by atoms with Crippen molar-refractivity contribution in [2.45, 2.75) is 51.1 Å². The first-order valence-corrected chi connectivity index (χ1v) is 8.37. The lowest BCUT2D eigenvalue weighted by molar-refractivity contribution is -0.122. The highest BCUT2D eigenvalue weighted by Gasteiger charge is 2.34. The van der Waals surface area contributed by atoms with Gasteiger partial charge < -0.3 is 5.32 Å². The first-order chi connectivity index (χ1) is 10.8. The first-order valence-electron chi connectivity index (χ1n) is 8.37. The number of carbonyl (C=O) groups excluding carboxylic acids is 1. The number of fused-ring (bicyclic) bond motifs is 2. The van der Waals surface area contributed by atoms with Crippen molar-refractivity contribution in [3.8, 4) is 0 Å². The summed E-state index contributed by atoms with van der Waals surface area (Å²) in [4.78, 5) is 12.3. The number of carbonyl (C=O) groups is 1. The molecular formula is C17H22N4O. The summed E-state index contributed by atoms with van der Waals surface area (Å²) in [6.45, 7) is 0.255. The SMILES string of the molecule is O=C(Cn1nnc2ccccc21)NC1CCC2CCCC2C1. The molecule has 2 saturated carbocycles. The van der Waals surface area contributed by atoms with Crippen molar-refractivity contribution in [1.29, 1.82) is 0 Å². The summed E-state index contributed by atoms with van der Waals surface area (Å²) in [7, 11) is 0. The molecule has 3 unspecified atom stereocenters. The van der Waals surface area contributed by atoms with Gasteiger partial charge in [0, 0.05) is 6.04 Å². The summed E-state index contributed by atoms with van der Waals surface area (Å²) in [5.74, 6) is 1.82. The minimum Gasteiger partial charge on any atom is -0.352 e. The minimum atomic E-state index is 0.0529. The zero-order valence-corrected chi connectivity index (χ0v) is 12.7. The highest BCUT2D eigenvalue weighted by molar-refractivity contribution is 5.79. The monoisotopic (exact) mass is 298 g/mol.